The Bertz CT molecular complexity index is 440. The number of aliphatic hydroxyl groups excluding tert-OH is 1. The number of hydrogen-bond acceptors (Lipinski definition) is 3. The van der Waals surface area contributed by atoms with E-state index in [0.717, 1.165) is 12.1 Å². The van der Waals surface area contributed by atoms with Crippen LogP contribution in [0.2, 0.25) is 0 Å². The minimum atomic E-state index is -4.44. The summed E-state index contributed by atoms with van der Waals surface area (Å²) in [5, 5.41) is 9.26. The van der Waals surface area contributed by atoms with Crippen molar-refractivity contribution in [3.05, 3.63) is 35.4 Å². The van der Waals surface area contributed by atoms with Gasteiger partial charge in [-0.3, -0.25) is 4.79 Å². The van der Waals surface area contributed by atoms with E-state index in [0.29, 0.717) is 0 Å². The third-order valence-electron chi connectivity index (χ3n) is 2.42. The van der Waals surface area contributed by atoms with Gasteiger partial charge in [-0.2, -0.15) is 13.2 Å². The first-order chi connectivity index (χ1) is 8.21. The SMILES string of the molecule is Cl.NC(=O)C(O)C(N)Cc1cccc(C(F)(F)F)c1. The van der Waals surface area contributed by atoms with Crippen LogP contribution in [0.4, 0.5) is 13.2 Å². The molecule has 0 spiro atoms. The van der Waals surface area contributed by atoms with E-state index in [1.807, 2.05) is 0 Å². The molecule has 0 aliphatic rings. The molecular formula is C11H14ClF3N2O2. The predicted octanol–water partition coefficient (Wildman–Crippen LogP) is 0.843. The summed E-state index contributed by atoms with van der Waals surface area (Å²) in [5.41, 5.74) is 9.79. The second kappa shape index (κ2) is 6.74. The zero-order valence-corrected chi connectivity index (χ0v) is 10.5. The fourth-order valence-electron chi connectivity index (χ4n) is 1.47. The summed E-state index contributed by atoms with van der Waals surface area (Å²) in [4.78, 5) is 10.7. The topological polar surface area (TPSA) is 89.3 Å². The van der Waals surface area contributed by atoms with E-state index in [1.165, 1.54) is 12.1 Å². The summed E-state index contributed by atoms with van der Waals surface area (Å²) < 4.78 is 37.3. The predicted molar refractivity (Wildman–Crippen MR) is 65.6 cm³/mol. The van der Waals surface area contributed by atoms with Gasteiger partial charge in [-0.05, 0) is 18.1 Å². The quantitative estimate of drug-likeness (QED) is 0.769. The summed E-state index contributed by atoms with van der Waals surface area (Å²) in [6.07, 6.45) is -6.10. The molecule has 2 atom stereocenters. The number of aliphatic hydroxyl groups is 1. The van der Waals surface area contributed by atoms with Crippen molar-refractivity contribution < 1.29 is 23.1 Å². The maximum Gasteiger partial charge on any atom is 0.416 e. The standard InChI is InChI=1S/C11H13F3N2O2.ClH/c12-11(13,14)7-3-1-2-6(4-7)5-8(15)9(17)10(16)18;/h1-4,8-9,17H,5,15H2,(H2,16,18);1H. The monoisotopic (exact) mass is 298 g/mol. The van der Waals surface area contributed by atoms with Gasteiger partial charge in [0, 0.05) is 6.04 Å². The van der Waals surface area contributed by atoms with Gasteiger partial charge in [-0.1, -0.05) is 18.2 Å². The molecule has 4 nitrogen and oxygen atoms in total. The number of alkyl halides is 3. The Morgan fingerprint density at radius 3 is 2.42 bits per heavy atom. The molecule has 0 fully saturated rings. The number of rotatable bonds is 4. The van der Waals surface area contributed by atoms with Gasteiger partial charge < -0.3 is 16.6 Å². The first-order valence-electron chi connectivity index (χ1n) is 5.11. The molecule has 108 valence electrons. The first-order valence-corrected chi connectivity index (χ1v) is 5.11. The van der Waals surface area contributed by atoms with Gasteiger partial charge in [0.15, 0.2) is 0 Å². The second-order valence-electron chi connectivity index (χ2n) is 3.91. The second-order valence-corrected chi connectivity index (χ2v) is 3.91. The average molecular weight is 299 g/mol. The maximum absolute atomic E-state index is 12.4. The van der Waals surface area contributed by atoms with Gasteiger partial charge in [-0.25, -0.2) is 0 Å². The largest absolute Gasteiger partial charge is 0.416 e. The van der Waals surface area contributed by atoms with Crippen LogP contribution in [-0.4, -0.2) is 23.2 Å². The Balaban J connectivity index is 0.00000324. The smallest absolute Gasteiger partial charge is 0.382 e. The maximum atomic E-state index is 12.4. The fraction of sp³-hybridized carbons (Fsp3) is 0.364. The van der Waals surface area contributed by atoms with Gasteiger partial charge in [0.2, 0.25) is 5.91 Å². The van der Waals surface area contributed by atoms with Crippen LogP contribution in [0.3, 0.4) is 0 Å². The Morgan fingerprint density at radius 2 is 1.95 bits per heavy atom. The lowest BCUT2D eigenvalue weighted by Gasteiger charge is -2.16. The van der Waals surface area contributed by atoms with Gasteiger partial charge in [-0.15, -0.1) is 12.4 Å². The molecule has 1 rings (SSSR count). The summed E-state index contributed by atoms with van der Waals surface area (Å²) in [6.45, 7) is 0. The zero-order chi connectivity index (χ0) is 13.9. The van der Waals surface area contributed by atoms with Crippen LogP contribution in [0.5, 0.6) is 0 Å². The van der Waals surface area contributed by atoms with Gasteiger partial charge in [0.05, 0.1) is 5.56 Å². The van der Waals surface area contributed by atoms with E-state index in [2.05, 4.69) is 0 Å². The summed E-state index contributed by atoms with van der Waals surface area (Å²) in [6, 6.07) is 3.49. The van der Waals surface area contributed by atoms with Crippen LogP contribution >= 0.6 is 12.4 Å². The molecule has 0 aliphatic carbocycles. The Morgan fingerprint density at radius 1 is 1.37 bits per heavy atom. The van der Waals surface area contributed by atoms with E-state index in [4.69, 9.17) is 11.5 Å². The van der Waals surface area contributed by atoms with Crippen molar-refractivity contribution in [1.82, 2.24) is 0 Å². The third-order valence-corrected chi connectivity index (χ3v) is 2.42. The highest BCUT2D eigenvalue weighted by Gasteiger charge is 2.30. The normalized spacial score (nSPS) is 14.4. The minimum absolute atomic E-state index is 0. The van der Waals surface area contributed by atoms with Gasteiger partial charge in [0.25, 0.3) is 0 Å². The molecular weight excluding hydrogens is 285 g/mol. The molecule has 1 amide bonds. The molecule has 2 unspecified atom stereocenters. The highest BCUT2D eigenvalue weighted by atomic mass is 35.5. The number of nitrogens with two attached hydrogens (primary N) is 2. The molecule has 1 aromatic rings. The molecule has 0 aliphatic heterocycles. The van der Waals surface area contributed by atoms with Gasteiger partial charge in [0.1, 0.15) is 6.10 Å². The van der Waals surface area contributed by atoms with Gasteiger partial charge >= 0.3 is 6.18 Å². The number of carbonyl (C=O) groups is 1. The van der Waals surface area contributed by atoms with Crippen molar-refractivity contribution >= 4 is 18.3 Å². The molecule has 0 aromatic heterocycles. The summed E-state index contributed by atoms with van der Waals surface area (Å²) >= 11 is 0. The average Bonchev–Trinajstić information content (AvgIpc) is 2.27. The molecule has 0 bridgehead atoms. The summed E-state index contributed by atoms with van der Waals surface area (Å²) in [7, 11) is 0. The number of benzene rings is 1. The highest BCUT2D eigenvalue weighted by Crippen LogP contribution is 2.29. The molecule has 0 heterocycles. The molecule has 1 aromatic carbocycles. The highest BCUT2D eigenvalue weighted by molar-refractivity contribution is 5.85. The van der Waals surface area contributed by atoms with E-state index >= 15 is 0 Å². The van der Waals surface area contributed by atoms with E-state index < -0.39 is 29.8 Å². The minimum Gasteiger partial charge on any atom is -0.382 e. The molecule has 19 heavy (non-hydrogen) atoms. The molecule has 0 saturated carbocycles. The van der Waals surface area contributed by atoms with Crippen LogP contribution in [0, 0.1) is 0 Å². The lowest BCUT2D eigenvalue weighted by molar-refractivity contribution is -0.137. The van der Waals surface area contributed by atoms with Crippen LogP contribution in [0.1, 0.15) is 11.1 Å². The van der Waals surface area contributed by atoms with Crippen molar-refractivity contribution in [2.24, 2.45) is 11.5 Å². The first kappa shape index (κ1) is 17.7. The van der Waals surface area contributed by atoms with Crippen molar-refractivity contribution in [3.63, 3.8) is 0 Å². The van der Waals surface area contributed by atoms with Crippen molar-refractivity contribution in [3.8, 4) is 0 Å². The summed E-state index contributed by atoms with van der Waals surface area (Å²) in [5.74, 6) is -1.01. The third kappa shape index (κ3) is 5.06. The number of carbonyl (C=O) groups excluding carboxylic acids is 1. The number of amides is 1. The molecule has 0 radical (unpaired) electrons. The number of hydrogen-bond donors (Lipinski definition) is 3. The van der Waals surface area contributed by atoms with E-state index in [-0.39, 0.29) is 24.4 Å². The van der Waals surface area contributed by atoms with Crippen molar-refractivity contribution in [2.45, 2.75) is 24.7 Å². The van der Waals surface area contributed by atoms with E-state index in [9.17, 15) is 23.1 Å². The van der Waals surface area contributed by atoms with Crippen LogP contribution < -0.4 is 11.5 Å². The Hall–Kier alpha value is -1.31. The lowest BCUT2D eigenvalue weighted by atomic mass is 10.00. The lowest BCUT2D eigenvalue weighted by Crippen LogP contribution is -2.45. The zero-order valence-electron chi connectivity index (χ0n) is 9.72. The molecule has 0 saturated heterocycles. The van der Waals surface area contributed by atoms with Crippen molar-refractivity contribution in [1.29, 1.82) is 0 Å². The van der Waals surface area contributed by atoms with Crippen LogP contribution in [0.15, 0.2) is 24.3 Å². The Kier molecular flexibility index (Phi) is 6.28. The molecule has 5 N–H and O–H groups in total. The van der Waals surface area contributed by atoms with Crippen LogP contribution in [-0.2, 0) is 17.4 Å². The molecule has 8 heteroatoms. The fourth-order valence-corrected chi connectivity index (χ4v) is 1.47. The van der Waals surface area contributed by atoms with Crippen LogP contribution in [0.25, 0.3) is 0 Å². The Labute approximate surface area is 114 Å². The van der Waals surface area contributed by atoms with Crippen molar-refractivity contribution in [2.75, 3.05) is 0 Å². The number of halogens is 4. The number of primary amides is 1. The van der Waals surface area contributed by atoms with E-state index in [1.54, 1.807) is 0 Å².